The van der Waals surface area contributed by atoms with Gasteiger partial charge in [-0.25, -0.2) is 0 Å². The molecule has 2 aromatic heterocycles. The number of aromatic nitrogens is 4. The molecule has 0 saturated heterocycles. The molecular formula is C10H11N4O. The topological polar surface area (TPSA) is 74.7 Å². The normalized spacial score (nSPS) is 10.5. The van der Waals surface area contributed by atoms with Gasteiger partial charge in [0.25, 0.3) is 0 Å². The first-order valence-electron chi connectivity index (χ1n) is 4.54. The van der Waals surface area contributed by atoms with Gasteiger partial charge in [0.05, 0.1) is 17.1 Å². The number of hydrogen-bond donors (Lipinski definition) is 2. The summed E-state index contributed by atoms with van der Waals surface area (Å²) in [4.78, 5) is 4.23. The van der Waals surface area contributed by atoms with Gasteiger partial charge < -0.3 is 5.11 Å². The van der Waals surface area contributed by atoms with Gasteiger partial charge >= 0.3 is 0 Å². The van der Waals surface area contributed by atoms with Crippen LogP contribution >= 0.6 is 0 Å². The SMILES string of the molecule is [CH2]c1[nH]nnc1Cc1ccc(O)c(C)n1. The first-order valence-corrected chi connectivity index (χ1v) is 4.54. The fourth-order valence-electron chi connectivity index (χ4n) is 1.29. The highest BCUT2D eigenvalue weighted by Crippen LogP contribution is 2.15. The molecule has 0 aliphatic carbocycles. The molecule has 0 saturated carbocycles. The second-order valence-corrected chi connectivity index (χ2v) is 3.32. The summed E-state index contributed by atoms with van der Waals surface area (Å²) in [5.41, 5.74) is 2.92. The number of aromatic hydroxyl groups is 1. The average molecular weight is 203 g/mol. The maximum atomic E-state index is 9.32. The van der Waals surface area contributed by atoms with Crippen LogP contribution in [0.5, 0.6) is 5.75 Å². The number of aryl methyl sites for hydroxylation is 1. The summed E-state index contributed by atoms with van der Waals surface area (Å²) in [7, 11) is 0. The summed E-state index contributed by atoms with van der Waals surface area (Å²) in [6.45, 7) is 5.52. The zero-order valence-corrected chi connectivity index (χ0v) is 8.36. The van der Waals surface area contributed by atoms with Crippen molar-refractivity contribution in [3.8, 4) is 5.75 Å². The molecule has 0 spiro atoms. The Morgan fingerprint density at radius 1 is 1.47 bits per heavy atom. The van der Waals surface area contributed by atoms with E-state index in [1.54, 1.807) is 19.1 Å². The summed E-state index contributed by atoms with van der Waals surface area (Å²) in [6, 6.07) is 3.39. The van der Waals surface area contributed by atoms with Gasteiger partial charge in [-0.1, -0.05) is 5.21 Å². The second-order valence-electron chi connectivity index (χ2n) is 3.32. The van der Waals surface area contributed by atoms with Crippen molar-refractivity contribution in [1.29, 1.82) is 0 Å². The molecule has 0 bridgehead atoms. The van der Waals surface area contributed by atoms with Gasteiger partial charge in [0.1, 0.15) is 5.75 Å². The molecule has 0 aliphatic heterocycles. The van der Waals surface area contributed by atoms with Crippen molar-refractivity contribution in [3.05, 3.63) is 41.8 Å². The van der Waals surface area contributed by atoms with E-state index in [1.165, 1.54) is 0 Å². The molecule has 2 aromatic rings. The van der Waals surface area contributed by atoms with Crippen LogP contribution in [0.15, 0.2) is 12.1 Å². The van der Waals surface area contributed by atoms with Crippen molar-refractivity contribution in [2.24, 2.45) is 0 Å². The lowest BCUT2D eigenvalue weighted by atomic mass is 10.2. The quantitative estimate of drug-likeness (QED) is 0.763. The Morgan fingerprint density at radius 2 is 2.27 bits per heavy atom. The van der Waals surface area contributed by atoms with Crippen LogP contribution in [0, 0.1) is 13.8 Å². The molecule has 0 fully saturated rings. The predicted octanol–water partition coefficient (Wildman–Crippen LogP) is 0.987. The number of aromatic amines is 1. The van der Waals surface area contributed by atoms with Gasteiger partial charge in [0.2, 0.25) is 0 Å². The van der Waals surface area contributed by atoms with Gasteiger partial charge in [-0.3, -0.25) is 10.1 Å². The van der Waals surface area contributed by atoms with Gasteiger partial charge in [0.15, 0.2) is 0 Å². The third-order valence-electron chi connectivity index (χ3n) is 2.17. The fraction of sp³-hybridized carbons (Fsp3) is 0.200. The van der Waals surface area contributed by atoms with Gasteiger partial charge in [-0.2, -0.15) is 0 Å². The van der Waals surface area contributed by atoms with E-state index in [9.17, 15) is 5.11 Å². The van der Waals surface area contributed by atoms with Crippen LogP contribution in [0.4, 0.5) is 0 Å². The monoisotopic (exact) mass is 203 g/mol. The number of nitrogens with zero attached hydrogens (tertiary/aromatic N) is 3. The molecule has 77 valence electrons. The molecule has 0 atom stereocenters. The summed E-state index contributed by atoms with van der Waals surface area (Å²) >= 11 is 0. The van der Waals surface area contributed by atoms with Crippen LogP contribution in [0.3, 0.4) is 0 Å². The van der Waals surface area contributed by atoms with Crippen LogP contribution in [-0.2, 0) is 6.42 Å². The summed E-state index contributed by atoms with van der Waals surface area (Å²) < 4.78 is 0. The summed E-state index contributed by atoms with van der Waals surface area (Å²) in [5, 5.41) is 19.5. The molecule has 2 N–H and O–H groups in total. The molecule has 2 rings (SSSR count). The maximum Gasteiger partial charge on any atom is 0.136 e. The Hall–Kier alpha value is -1.91. The van der Waals surface area contributed by atoms with Crippen molar-refractivity contribution in [3.63, 3.8) is 0 Å². The average Bonchev–Trinajstić information content (AvgIpc) is 2.59. The van der Waals surface area contributed by atoms with E-state index in [-0.39, 0.29) is 5.75 Å². The zero-order chi connectivity index (χ0) is 10.8. The van der Waals surface area contributed by atoms with Crippen LogP contribution in [0.25, 0.3) is 0 Å². The predicted molar refractivity (Wildman–Crippen MR) is 54.3 cm³/mol. The van der Waals surface area contributed by atoms with E-state index in [1.807, 2.05) is 0 Å². The minimum absolute atomic E-state index is 0.203. The van der Waals surface area contributed by atoms with E-state index in [0.29, 0.717) is 17.8 Å². The lowest BCUT2D eigenvalue weighted by molar-refractivity contribution is 0.467. The summed E-state index contributed by atoms with van der Waals surface area (Å²) in [6.07, 6.45) is 0.566. The van der Waals surface area contributed by atoms with Crippen LogP contribution in [-0.4, -0.2) is 25.5 Å². The van der Waals surface area contributed by atoms with E-state index in [4.69, 9.17) is 0 Å². The number of pyridine rings is 1. The highest BCUT2D eigenvalue weighted by Gasteiger charge is 2.06. The fourth-order valence-corrected chi connectivity index (χ4v) is 1.29. The third-order valence-corrected chi connectivity index (χ3v) is 2.17. The molecule has 0 aromatic carbocycles. The highest BCUT2D eigenvalue weighted by molar-refractivity contribution is 5.29. The Labute approximate surface area is 87.2 Å². The van der Waals surface area contributed by atoms with Crippen molar-refractivity contribution < 1.29 is 5.11 Å². The lowest BCUT2D eigenvalue weighted by Crippen LogP contribution is -1.96. The van der Waals surface area contributed by atoms with E-state index < -0.39 is 0 Å². The standard InChI is InChI=1S/C10H11N4O/c1-6-9(13-14-12-6)5-8-3-4-10(15)7(2)11-8/h3-4,15H,1,5H2,2H3,(H,12,13,14). The van der Waals surface area contributed by atoms with Crippen molar-refractivity contribution in [2.75, 3.05) is 0 Å². The summed E-state index contributed by atoms with van der Waals surface area (Å²) in [5.74, 6) is 0.203. The minimum Gasteiger partial charge on any atom is -0.506 e. The second kappa shape index (κ2) is 3.68. The van der Waals surface area contributed by atoms with E-state index in [0.717, 1.165) is 11.4 Å². The molecule has 5 heteroatoms. The molecule has 1 radical (unpaired) electrons. The lowest BCUT2D eigenvalue weighted by Gasteiger charge is -2.01. The van der Waals surface area contributed by atoms with Crippen LogP contribution in [0.1, 0.15) is 22.8 Å². The Kier molecular flexibility index (Phi) is 2.37. The number of rotatable bonds is 2. The van der Waals surface area contributed by atoms with Gasteiger partial charge in [-0.15, -0.1) is 5.10 Å². The van der Waals surface area contributed by atoms with Crippen molar-refractivity contribution in [2.45, 2.75) is 13.3 Å². The molecule has 0 amide bonds. The first-order chi connectivity index (χ1) is 7.16. The molecule has 0 unspecified atom stereocenters. The van der Waals surface area contributed by atoms with E-state index >= 15 is 0 Å². The molecule has 0 aliphatic rings. The molecule has 5 nitrogen and oxygen atoms in total. The highest BCUT2D eigenvalue weighted by atomic mass is 16.3. The third kappa shape index (κ3) is 1.96. The molecular weight excluding hydrogens is 192 g/mol. The van der Waals surface area contributed by atoms with Crippen LogP contribution in [0.2, 0.25) is 0 Å². The van der Waals surface area contributed by atoms with Gasteiger partial charge in [0, 0.05) is 12.1 Å². The zero-order valence-electron chi connectivity index (χ0n) is 8.36. The maximum absolute atomic E-state index is 9.32. The number of H-pyrrole nitrogens is 1. The largest absolute Gasteiger partial charge is 0.506 e. The Balaban J connectivity index is 2.25. The Bertz CT molecular complexity index is 478. The number of hydrogen-bond acceptors (Lipinski definition) is 4. The van der Waals surface area contributed by atoms with E-state index in [2.05, 4.69) is 27.3 Å². The van der Waals surface area contributed by atoms with Gasteiger partial charge in [-0.05, 0) is 26.0 Å². The first kappa shape index (κ1) is 9.64. The van der Waals surface area contributed by atoms with Crippen molar-refractivity contribution >= 4 is 0 Å². The molecule has 15 heavy (non-hydrogen) atoms. The Morgan fingerprint density at radius 3 is 2.87 bits per heavy atom. The van der Waals surface area contributed by atoms with Crippen molar-refractivity contribution in [1.82, 2.24) is 20.4 Å². The van der Waals surface area contributed by atoms with Crippen LogP contribution < -0.4 is 0 Å². The molecule has 2 heterocycles. The minimum atomic E-state index is 0.203. The smallest absolute Gasteiger partial charge is 0.136 e. The number of nitrogens with one attached hydrogen (secondary N) is 1.